The number of hydrogen-bond donors (Lipinski definition) is 2. The summed E-state index contributed by atoms with van der Waals surface area (Å²) >= 11 is 0. The van der Waals surface area contributed by atoms with Crippen LogP contribution in [0.15, 0.2) is 12.3 Å². The molecule has 0 radical (unpaired) electrons. The van der Waals surface area contributed by atoms with Gasteiger partial charge in [-0.1, -0.05) is 12.8 Å². The highest BCUT2D eigenvalue weighted by molar-refractivity contribution is 5.95. The summed E-state index contributed by atoms with van der Waals surface area (Å²) in [4.78, 5) is 15.9. The SMILES string of the molecule is CCOC(=O)c1cc(NC(C)CC2CC2)ncc1N. The topological polar surface area (TPSA) is 77.2 Å². The van der Waals surface area contributed by atoms with Crippen molar-refractivity contribution in [1.29, 1.82) is 0 Å². The van der Waals surface area contributed by atoms with E-state index in [1.807, 2.05) is 0 Å². The standard InChI is InChI=1S/C14H21N3O2/c1-3-19-14(18)11-7-13(16-8-12(11)15)17-9(2)6-10-4-5-10/h7-10H,3-6,15H2,1-2H3,(H,16,17). The van der Waals surface area contributed by atoms with Crippen molar-refractivity contribution in [1.82, 2.24) is 4.98 Å². The molecule has 5 heteroatoms. The Morgan fingerprint density at radius 1 is 1.63 bits per heavy atom. The van der Waals surface area contributed by atoms with Gasteiger partial charge >= 0.3 is 5.97 Å². The molecule has 2 rings (SSSR count). The van der Waals surface area contributed by atoms with Crippen LogP contribution in [0, 0.1) is 5.92 Å². The van der Waals surface area contributed by atoms with Crippen LogP contribution in [0.25, 0.3) is 0 Å². The monoisotopic (exact) mass is 263 g/mol. The number of nitrogens with two attached hydrogens (primary N) is 1. The van der Waals surface area contributed by atoms with Crippen molar-refractivity contribution in [2.45, 2.75) is 39.2 Å². The maximum absolute atomic E-state index is 11.7. The third kappa shape index (κ3) is 3.84. The van der Waals surface area contributed by atoms with E-state index in [0.717, 1.165) is 12.3 Å². The van der Waals surface area contributed by atoms with Crippen LogP contribution in [0.5, 0.6) is 0 Å². The van der Waals surface area contributed by atoms with Crippen LogP contribution in [0.4, 0.5) is 11.5 Å². The zero-order chi connectivity index (χ0) is 13.8. The van der Waals surface area contributed by atoms with Crippen molar-refractivity contribution < 1.29 is 9.53 Å². The van der Waals surface area contributed by atoms with E-state index in [0.29, 0.717) is 29.7 Å². The molecule has 1 fully saturated rings. The molecule has 0 aromatic carbocycles. The van der Waals surface area contributed by atoms with E-state index in [1.54, 1.807) is 13.0 Å². The molecule has 1 aliphatic rings. The predicted molar refractivity (Wildman–Crippen MR) is 75.0 cm³/mol. The van der Waals surface area contributed by atoms with Gasteiger partial charge in [-0.2, -0.15) is 0 Å². The number of anilines is 2. The number of hydrogen-bond acceptors (Lipinski definition) is 5. The van der Waals surface area contributed by atoms with E-state index in [9.17, 15) is 4.79 Å². The maximum atomic E-state index is 11.7. The molecular weight excluding hydrogens is 242 g/mol. The molecule has 0 spiro atoms. The molecule has 0 saturated heterocycles. The van der Waals surface area contributed by atoms with Gasteiger partial charge in [0, 0.05) is 6.04 Å². The van der Waals surface area contributed by atoms with E-state index < -0.39 is 5.97 Å². The number of esters is 1. The molecule has 104 valence electrons. The van der Waals surface area contributed by atoms with E-state index in [4.69, 9.17) is 10.5 Å². The third-order valence-corrected chi connectivity index (χ3v) is 3.21. The van der Waals surface area contributed by atoms with Gasteiger partial charge in [-0.3, -0.25) is 0 Å². The van der Waals surface area contributed by atoms with E-state index in [1.165, 1.54) is 19.0 Å². The van der Waals surface area contributed by atoms with Crippen LogP contribution < -0.4 is 11.1 Å². The first-order chi connectivity index (χ1) is 9.10. The van der Waals surface area contributed by atoms with Crippen molar-refractivity contribution >= 4 is 17.5 Å². The molecule has 0 aliphatic heterocycles. The Bertz CT molecular complexity index is 458. The number of nitrogen functional groups attached to an aromatic ring is 1. The fourth-order valence-corrected chi connectivity index (χ4v) is 2.10. The fraction of sp³-hybridized carbons (Fsp3) is 0.571. The minimum Gasteiger partial charge on any atom is -0.462 e. The Hall–Kier alpha value is -1.78. The number of nitrogens with one attached hydrogen (secondary N) is 1. The third-order valence-electron chi connectivity index (χ3n) is 3.21. The van der Waals surface area contributed by atoms with Crippen molar-refractivity contribution in [3.8, 4) is 0 Å². The highest BCUT2D eigenvalue weighted by Gasteiger charge is 2.23. The number of nitrogens with zero attached hydrogens (tertiary/aromatic N) is 1. The summed E-state index contributed by atoms with van der Waals surface area (Å²) in [7, 11) is 0. The number of ether oxygens (including phenoxy) is 1. The zero-order valence-corrected chi connectivity index (χ0v) is 11.5. The summed E-state index contributed by atoms with van der Waals surface area (Å²) in [6.45, 7) is 4.23. The Labute approximate surface area is 113 Å². The molecule has 5 nitrogen and oxygen atoms in total. The second kappa shape index (κ2) is 5.91. The average Bonchev–Trinajstić information content (AvgIpc) is 3.15. The van der Waals surface area contributed by atoms with Crippen LogP contribution in [0.1, 0.15) is 43.5 Å². The van der Waals surface area contributed by atoms with E-state index >= 15 is 0 Å². The van der Waals surface area contributed by atoms with E-state index in [-0.39, 0.29) is 0 Å². The van der Waals surface area contributed by atoms with E-state index in [2.05, 4.69) is 17.2 Å². The molecule has 1 aliphatic carbocycles. The Balaban J connectivity index is 2.04. The molecule has 0 amide bonds. The molecule has 1 unspecified atom stereocenters. The van der Waals surface area contributed by atoms with Gasteiger partial charge in [0.05, 0.1) is 24.1 Å². The second-order valence-electron chi connectivity index (χ2n) is 5.10. The lowest BCUT2D eigenvalue weighted by atomic mass is 10.1. The molecule has 1 heterocycles. The Morgan fingerprint density at radius 2 is 2.37 bits per heavy atom. The summed E-state index contributed by atoms with van der Waals surface area (Å²) in [5.41, 5.74) is 6.47. The summed E-state index contributed by atoms with van der Waals surface area (Å²) in [6, 6.07) is 2.01. The Kier molecular flexibility index (Phi) is 4.24. The molecule has 1 atom stereocenters. The molecule has 1 aromatic rings. The second-order valence-corrected chi connectivity index (χ2v) is 5.10. The summed E-state index contributed by atoms with van der Waals surface area (Å²) < 4.78 is 4.97. The van der Waals surface area contributed by atoms with Gasteiger partial charge < -0.3 is 15.8 Å². The van der Waals surface area contributed by atoms with Crippen LogP contribution in [-0.4, -0.2) is 23.6 Å². The van der Waals surface area contributed by atoms with Crippen LogP contribution in [0.3, 0.4) is 0 Å². The smallest absolute Gasteiger partial charge is 0.340 e. The molecule has 1 saturated carbocycles. The first-order valence-electron chi connectivity index (χ1n) is 6.79. The summed E-state index contributed by atoms with van der Waals surface area (Å²) in [6.07, 6.45) is 5.30. The number of rotatable bonds is 6. The maximum Gasteiger partial charge on any atom is 0.340 e. The lowest BCUT2D eigenvalue weighted by Crippen LogP contribution is -2.18. The lowest BCUT2D eigenvalue weighted by molar-refractivity contribution is 0.0527. The summed E-state index contributed by atoms with van der Waals surface area (Å²) in [5, 5.41) is 3.30. The van der Waals surface area contributed by atoms with Gasteiger partial charge in [-0.15, -0.1) is 0 Å². The van der Waals surface area contributed by atoms with Crippen molar-refractivity contribution in [2.24, 2.45) is 5.92 Å². The number of aromatic nitrogens is 1. The van der Waals surface area contributed by atoms with Gasteiger partial charge in [0.2, 0.25) is 0 Å². The highest BCUT2D eigenvalue weighted by atomic mass is 16.5. The Morgan fingerprint density at radius 3 is 3.00 bits per heavy atom. The highest BCUT2D eigenvalue weighted by Crippen LogP contribution is 2.34. The summed E-state index contributed by atoms with van der Waals surface area (Å²) in [5.74, 6) is 1.12. The van der Waals surface area contributed by atoms with Crippen molar-refractivity contribution in [3.63, 3.8) is 0 Å². The molecule has 0 bridgehead atoms. The molecule has 1 aromatic heterocycles. The zero-order valence-electron chi connectivity index (χ0n) is 11.5. The van der Waals surface area contributed by atoms with Gasteiger partial charge in [-0.25, -0.2) is 9.78 Å². The number of carbonyl (C=O) groups excluding carboxylic acids is 1. The van der Waals surface area contributed by atoms with Crippen LogP contribution in [-0.2, 0) is 4.74 Å². The molecular formula is C14H21N3O2. The van der Waals surface area contributed by atoms with Gasteiger partial charge in [0.1, 0.15) is 5.82 Å². The lowest BCUT2D eigenvalue weighted by Gasteiger charge is -2.15. The first kappa shape index (κ1) is 13.6. The van der Waals surface area contributed by atoms with Crippen LogP contribution >= 0.6 is 0 Å². The molecule has 3 N–H and O–H groups in total. The van der Waals surface area contributed by atoms with Crippen LogP contribution in [0.2, 0.25) is 0 Å². The normalized spacial score (nSPS) is 15.9. The first-order valence-corrected chi connectivity index (χ1v) is 6.79. The predicted octanol–water partition coefficient (Wildman–Crippen LogP) is 2.44. The minimum absolute atomic E-state index is 0.335. The quantitative estimate of drug-likeness (QED) is 0.771. The largest absolute Gasteiger partial charge is 0.462 e. The number of carbonyl (C=O) groups is 1. The van der Waals surface area contributed by atoms with Gasteiger partial charge in [0.25, 0.3) is 0 Å². The van der Waals surface area contributed by atoms with Gasteiger partial charge in [-0.05, 0) is 32.3 Å². The van der Waals surface area contributed by atoms with Crippen molar-refractivity contribution in [3.05, 3.63) is 17.8 Å². The number of pyridine rings is 1. The molecule has 19 heavy (non-hydrogen) atoms. The van der Waals surface area contributed by atoms with Gasteiger partial charge in [0.15, 0.2) is 0 Å². The van der Waals surface area contributed by atoms with Crippen molar-refractivity contribution in [2.75, 3.05) is 17.7 Å². The average molecular weight is 263 g/mol. The minimum atomic E-state index is -0.403. The fourth-order valence-electron chi connectivity index (χ4n) is 2.10.